The van der Waals surface area contributed by atoms with E-state index in [1.165, 1.54) is 50.1 Å². The van der Waals surface area contributed by atoms with Crippen LogP contribution in [0, 0.1) is 0 Å². The van der Waals surface area contributed by atoms with Crippen molar-refractivity contribution >= 4 is 16.5 Å². The standard InChI is InChI=1S/C10H17N3S/c11-10-12-9(8-14-10)7-13-5-3-1-2-4-6-13/h8H,1-7H2,(H2,11,12). The van der Waals surface area contributed by atoms with Crippen LogP contribution < -0.4 is 5.73 Å². The maximum Gasteiger partial charge on any atom is 0.180 e. The topological polar surface area (TPSA) is 42.1 Å². The zero-order chi connectivity index (χ0) is 9.80. The van der Waals surface area contributed by atoms with Crippen LogP contribution in [0.3, 0.4) is 0 Å². The van der Waals surface area contributed by atoms with Crippen molar-refractivity contribution in [2.24, 2.45) is 0 Å². The maximum atomic E-state index is 5.60. The van der Waals surface area contributed by atoms with Gasteiger partial charge >= 0.3 is 0 Å². The Morgan fingerprint density at radius 1 is 1.29 bits per heavy atom. The molecule has 2 N–H and O–H groups in total. The van der Waals surface area contributed by atoms with E-state index < -0.39 is 0 Å². The number of hydrogen-bond donors (Lipinski definition) is 1. The van der Waals surface area contributed by atoms with Crippen molar-refractivity contribution in [1.29, 1.82) is 0 Å². The Morgan fingerprint density at radius 3 is 2.57 bits per heavy atom. The highest BCUT2D eigenvalue weighted by Gasteiger charge is 2.10. The third-order valence-electron chi connectivity index (χ3n) is 2.65. The lowest BCUT2D eigenvalue weighted by atomic mass is 10.2. The molecule has 1 aliphatic rings. The van der Waals surface area contributed by atoms with Crippen LogP contribution in [0.4, 0.5) is 5.13 Å². The largest absolute Gasteiger partial charge is 0.375 e. The highest BCUT2D eigenvalue weighted by atomic mass is 32.1. The Hall–Kier alpha value is -0.610. The summed E-state index contributed by atoms with van der Waals surface area (Å²) in [6, 6.07) is 0. The SMILES string of the molecule is Nc1nc(CN2CCCCCC2)cs1. The molecule has 0 bridgehead atoms. The van der Waals surface area contributed by atoms with Crippen LogP contribution in [0.2, 0.25) is 0 Å². The van der Waals surface area contributed by atoms with Crippen molar-refractivity contribution in [1.82, 2.24) is 9.88 Å². The Morgan fingerprint density at radius 2 is 2.00 bits per heavy atom. The van der Waals surface area contributed by atoms with Gasteiger partial charge in [0.25, 0.3) is 0 Å². The molecule has 1 aromatic rings. The van der Waals surface area contributed by atoms with E-state index >= 15 is 0 Å². The van der Waals surface area contributed by atoms with Gasteiger partial charge in [-0.2, -0.15) is 0 Å². The highest BCUT2D eigenvalue weighted by molar-refractivity contribution is 7.13. The van der Waals surface area contributed by atoms with E-state index in [4.69, 9.17) is 5.73 Å². The molecule has 3 nitrogen and oxygen atoms in total. The number of nitrogens with two attached hydrogens (primary N) is 1. The summed E-state index contributed by atoms with van der Waals surface area (Å²) < 4.78 is 0. The normalized spacial score (nSPS) is 19.4. The molecule has 2 heterocycles. The quantitative estimate of drug-likeness (QED) is 0.814. The summed E-state index contributed by atoms with van der Waals surface area (Å²) in [4.78, 5) is 6.78. The molecule has 1 aliphatic heterocycles. The molecule has 0 atom stereocenters. The molecule has 0 radical (unpaired) electrons. The van der Waals surface area contributed by atoms with Crippen LogP contribution in [0.5, 0.6) is 0 Å². The smallest absolute Gasteiger partial charge is 0.180 e. The van der Waals surface area contributed by atoms with Gasteiger partial charge < -0.3 is 5.73 Å². The van der Waals surface area contributed by atoms with E-state index in [9.17, 15) is 0 Å². The number of rotatable bonds is 2. The number of aromatic nitrogens is 1. The lowest BCUT2D eigenvalue weighted by Gasteiger charge is -2.17. The predicted molar refractivity (Wildman–Crippen MR) is 60.3 cm³/mol. The molecule has 1 aromatic heterocycles. The molecule has 1 fully saturated rings. The molecule has 1 saturated heterocycles. The minimum Gasteiger partial charge on any atom is -0.375 e. The van der Waals surface area contributed by atoms with Gasteiger partial charge in [-0.3, -0.25) is 4.90 Å². The summed E-state index contributed by atoms with van der Waals surface area (Å²) >= 11 is 1.54. The molecule has 78 valence electrons. The second-order valence-electron chi connectivity index (χ2n) is 3.87. The van der Waals surface area contributed by atoms with Gasteiger partial charge in [0.1, 0.15) is 0 Å². The molecule has 4 heteroatoms. The fourth-order valence-electron chi connectivity index (χ4n) is 1.92. The summed E-state index contributed by atoms with van der Waals surface area (Å²) in [7, 11) is 0. The van der Waals surface area contributed by atoms with Crippen molar-refractivity contribution in [2.45, 2.75) is 32.2 Å². The minimum absolute atomic E-state index is 0.690. The molecule has 0 saturated carbocycles. The number of thiazole rings is 1. The van der Waals surface area contributed by atoms with Gasteiger partial charge in [0, 0.05) is 11.9 Å². The second kappa shape index (κ2) is 4.75. The summed E-state index contributed by atoms with van der Waals surface area (Å²) in [6.45, 7) is 3.42. The highest BCUT2D eigenvalue weighted by Crippen LogP contribution is 2.16. The zero-order valence-corrected chi connectivity index (χ0v) is 9.22. The first-order valence-corrected chi connectivity index (χ1v) is 6.15. The second-order valence-corrected chi connectivity index (χ2v) is 4.76. The van der Waals surface area contributed by atoms with Crippen molar-refractivity contribution in [2.75, 3.05) is 18.8 Å². The molecule has 0 amide bonds. The molecular weight excluding hydrogens is 194 g/mol. The van der Waals surface area contributed by atoms with Crippen molar-refractivity contribution in [3.63, 3.8) is 0 Å². The van der Waals surface area contributed by atoms with Crippen LogP contribution in [0.15, 0.2) is 5.38 Å². The predicted octanol–water partition coefficient (Wildman–Crippen LogP) is 2.10. The fraction of sp³-hybridized carbons (Fsp3) is 0.700. The number of anilines is 1. The van der Waals surface area contributed by atoms with E-state index in [1.54, 1.807) is 0 Å². The molecule has 14 heavy (non-hydrogen) atoms. The van der Waals surface area contributed by atoms with Crippen LogP contribution >= 0.6 is 11.3 Å². The molecule has 0 aliphatic carbocycles. The first-order chi connectivity index (χ1) is 6.84. The third-order valence-corrected chi connectivity index (χ3v) is 3.38. The summed E-state index contributed by atoms with van der Waals surface area (Å²) in [5, 5.41) is 2.76. The Kier molecular flexibility index (Phi) is 3.37. The summed E-state index contributed by atoms with van der Waals surface area (Å²) in [5.41, 5.74) is 6.74. The first kappa shape index (κ1) is 9.93. The van der Waals surface area contributed by atoms with E-state index in [2.05, 4.69) is 15.3 Å². The van der Waals surface area contributed by atoms with Gasteiger partial charge in [-0.25, -0.2) is 4.98 Å². The number of nitrogen functional groups attached to an aromatic ring is 1. The summed E-state index contributed by atoms with van der Waals surface area (Å²) in [5.74, 6) is 0. The van der Waals surface area contributed by atoms with Gasteiger partial charge in [-0.1, -0.05) is 12.8 Å². The Bertz CT molecular complexity index is 277. The Balaban J connectivity index is 1.89. The maximum absolute atomic E-state index is 5.60. The molecule has 0 unspecified atom stereocenters. The summed E-state index contributed by atoms with van der Waals surface area (Å²) in [6.07, 6.45) is 5.44. The third kappa shape index (κ3) is 2.69. The van der Waals surface area contributed by atoms with E-state index in [-0.39, 0.29) is 0 Å². The number of likely N-dealkylation sites (tertiary alicyclic amines) is 1. The van der Waals surface area contributed by atoms with Gasteiger partial charge in [0.05, 0.1) is 5.69 Å². The van der Waals surface area contributed by atoms with Crippen molar-refractivity contribution < 1.29 is 0 Å². The van der Waals surface area contributed by atoms with E-state index in [1.807, 2.05) is 0 Å². The van der Waals surface area contributed by atoms with Gasteiger partial charge in [0.15, 0.2) is 5.13 Å². The fourth-order valence-corrected chi connectivity index (χ4v) is 2.47. The van der Waals surface area contributed by atoms with Crippen molar-refractivity contribution in [3.05, 3.63) is 11.1 Å². The lowest BCUT2D eigenvalue weighted by molar-refractivity contribution is 0.274. The molecule has 0 spiro atoms. The molecule has 0 aromatic carbocycles. The first-order valence-electron chi connectivity index (χ1n) is 5.27. The van der Waals surface area contributed by atoms with E-state index in [0.717, 1.165) is 12.2 Å². The number of nitrogens with zero attached hydrogens (tertiary/aromatic N) is 2. The van der Waals surface area contributed by atoms with Gasteiger partial charge in [-0.05, 0) is 25.9 Å². The molecule has 2 rings (SSSR count). The molecular formula is C10H17N3S. The van der Waals surface area contributed by atoms with Gasteiger partial charge in [-0.15, -0.1) is 11.3 Å². The minimum atomic E-state index is 0.690. The average molecular weight is 211 g/mol. The lowest BCUT2D eigenvalue weighted by Crippen LogP contribution is -2.24. The number of hydrogen-bond acceptors (Lipinski definition) is 4. The zero-order valence-electron chi connectivity index (χ0n) is 8.41. The van der Waals surface area contributed by atoms with Crippen molar-refractivity contribution in [3.8, 4) is 0 Å². The van der Waals surface area contributed by atoms with Crippen LogP contribution in [-0.2, 0) is 6.54 Å². The van der Waals surface area contributed by atoms with E-state index in [0.29, 0.717) is 5.13 Å². The van der Waals surface area contributed by atoms with Crippen LogP contribution in [-0.4, -0.2) is 23.0 Å². The Labute approximate surface area is 88.9 Å². The van der Waals surface area contributed by atoms with Crippen LogP contribution in [0.1, 0.15) is 31.4 Å². The van der Waals surface area contributed by atoms with Crippen LogP contribution in [0.25, 0.3) is 0 Å². The van der Waals surface area contributed by atoms with Gasteiger partial charge in [0.2, 0.25) is 0 Å². The monoisotopic (exact) mass is 211 g/mol. The average Bonchev–Trinajstić information content (AvgIpc) is 2.43.